The molecule has 0 spiro atoms. The van der Waals surface area contributed by atoms with Crippen LogP contribution in [0.4, 0.5) is 5.69 Å². The average molecular weight is 402 g/mol. The fraction of sp³-hybridized carbons (Fsp3) is 0.0870. The topological polar surface area (TPSA) is 52.8 Å². The number of aromatic nitrogens is 1. The molecule has 3 aromatic heterocycles. The van der Waals surface area contributed by atoms with Crippen molar-refractivity contribution in [3.63, 3.8) is 0 Å². The summed E-state index contributed by atoms with van der Waals surface area (Å²) in [5.41, 5.74) is 2.60. The molecule has 0 saturated carbocycles. The van der Waals surface area contributed by atoms with Gasteiger partial charge in [-0.3, -0.25) is 0 Å². The first kappa shape index (κ1) is 17.6. The molecule has 6 heteroatoms. The number of fused-ring (bicyclic) bond motifs is 1. The normalized spacial score (nSPS) is 12.0. The van der Waals surface area contributed by atoms with Gasteiger partial charge < -0.3 is 18.1 Å². The molecule has 0 bridgehead atoms. The minimum atomic E-state index is 0.552. The van der Waals surface area contributed by atoms with Crippen LogP contribution in [0, 0.1) is 0 Å². The highest BCUT2D eigenvalue weighted by Crippen LogP contribution is 2.30. The average Bonchev–Trinajstić information content (AvgIpc) is 3.49. The van der Waals surface area contributed by atoms with Crippen molar-refractivity contribution in [3.8, 4) is 17.2 Å². The van der Waals surface area contributed by atoms with E-state index in [9.17, 15) is 0 Å². The number of hydrogen-bond donors (Lipinski definition) is 0. The van der Waals surface area contributed by atoms with Crippen LogP contribution in [0.25, 0.3) is 22.4 Å². The fourth-order valence-electron chi connectivity index (χ4n) is 3.26. The molecule has 0 aliphatic rings. The van der Waals surface area contributed by atoms with E-state index in [2.05, 4.69) is 16.0 Å². The fourth-order valence-corrected chi connectivity index (χ4v) is 4.16. The van der Waals surface area contributed by atoms with E-state index in [0.717, 1.165) is 44.4 Å². The van der Waals surface area contributed by atoms with E-state index < -0.39 is 0 Å². The van der Waals surface area contributed by atoms with Crippen LogP contribution in [0.15, 0.2) is 92.2 Å². The molecule has 0 atom stereocenters. The number of rotatable bonds is 5. The van der Waals surface area contributed by atoms with E-state index in [4.69, 9.17) is 18.6 Å². The van der Waals surface area contributed by atoms with Gasteiger partial charge in [0.15, 0.2) is 10.6 Å². The highest BCUT2D eigenvalue weighted by Gasteiger charge is 2.14. The van der Waals surface area contributed by atoms with Crippen LogP contribution in [0.3, 0.4) is 0 Å². The lowest BCUT2D eigenvalue weighted by atomic mass is 10.2. The minimum Gasteiger partial charge on any atom is -0.494 e. The molecule has 0 amide bonds. The lowest BCUT2D eigenvalue weighted by Gasteiger charge is -2.06. The zero-order valence-corrected chi connectivity index (χ0v) is 16.6. The second kappa shape index (κ2) is 7.48. The van der Waals surface area contributed by atoms with Crippen molar-refractivity contribution in [2.24, 2.45) is 4.99 Å². The molecule has 0 aliphatic heterocycles. The molecule has 0 saturated heterocycles. The quantitative estimate of drug-likeness (QED) is 0.371. The number of ether oxygens (including phenoxy) is 1. The van der Waals surface area contributed by atoms with E-state index in [-0.39, 0.29) is 0 Å². The Hall–Kier alpha value is -3.51. The third-order valence-corrected chi connectivity index (χ3v) is 5.53. The smallest absolute Gasteiger partial charge is 0.191 e. The first-order chi connectivity index (χ1) is 14.3. The van der Waals surface area contributed by atoms with Gasteiger partial charge in [-0.05, 0) is 36.4 Å². The third-order valence-electron chi connectivity index (χ3n) is 4.67. The Morgan fingerprint density at radius 1 is 1.03 bits per heavy atom. The van der Waals surface area contributed by atoms with Gasteiger partial charge in [-0.15, -0.1) is 11.3 Å². The van der Waals surface area contributed by atoms with Gasteiger partial charge in [0, 0.05) is 10.8 Å². The zero-order chi connectivity index (χ0) is 19.6. The Morgan fingerprint density at radius 2 is 1.90 bits per heavy atom. The van der Waals surface area contributed by atoms with E-state index in [1.165, 1.54) is 0 Å². The number of thiazole rings is 1. The molecule has 0 radical (unpaired) electrons. The monoisotopic (exact) mass is 402 g/mol. The van der Waals surface area contributed by atoms with Crippen LogP contribution in [0.5, 0.6) is 5.75 Å². The summed E-state index contributed by atoms with van der Waals surface area (Å²) < 4.78 is 19.3. The van der Waals surface area contributed by atoms with Crippen LogP contribution in [0.2, 0.25) is 0 Å². The number of furan rings is 2. The summed E-state index contributed by atoms with van der Waals surface area (Å²) in [6.45, 7) is 0.552. The van der Waals surface area contributed by atoms with Crippen molar-refractivity contribution < 1.29 is 13.6 Å². The van der Waals surface area contributed by atoms with Gasteiger partial charge in [0.25, 0.3) is 0 Å². The van der Waals surface area contributed by atoms with Crippen LogP contribution in [0.1, 0.15) is 5.76 Å². The summed E-state index contributed by atoms with van der Waals surface area (Å²) in [6.07, 6.45) is 1.68. The van der Waals surface area contributed by atoms with Gasteiger partial charge in [-0.2, -0.15) is 0 Å². The summed E-state index contributed by atoms with van der Waals surface area (Å²) in [5.74, 6) is 2.38. The van der Waals surface area contributed by atoms with Crippen molar-refractivity contribution in [2.75, 3.05) is 7.11 Å². The van der Waals surface area contributed by atoms with Crippen molar-refractivity contribution in [1.29, 1.82) is 0 Å². The van der Waals surface area contributed by atoms with Gasteiger partial charge >= 0.3 is 0 Å². The molecule has 144 valence electrons. The third kappa shape index (κ3) is 3.39. The first-order valence-corrected chi connectivity index (χ1v) is 10.1. The van der Waals surface area contributed by atoms with E-state index in [0.29, 0.717) is 6.54 Å². The minimum absolute atomic E-state index is 0.552. The summed E-state index contributed by atoms with van der Waals surface area (Å²) in [6, 6.07) is 21.6. The van der Waals surface area contributed by atoms with Crippen LogP contribution < -0.4 is 9.54 Å². The molecule has 5 aromatic rings. The molecular formula is C23H18N2O3S. The SMILES string of the molecule is COc1ccccc1N=c1scc(-c2cc3ccccc3o2)n1Cc1ccco1. The van der Waals surface area contributed by atoms with E-state index in [1.807, 2.05) is 60.7 Å². The van der Waals surface area contributed by atoms with Crippen molar-refractivity contribution >= 4 is 28.0 Å². The number of benzene rings is 2. The first-order valence-electron chi connectivity index (χ1n) is 9.19. The maximum atomic E-state index is 6.11. The maximum absolute atomic E-state index is 6.11. The Morgan fingerprint density at radius 3 is 2.72 bits per heavy atom. The summed E-state index contributed by atoms with van der Waals surface area (Å²) in [4.78, 5) is 5.70. The van der Waals surface area contributed by atoms with E-state index in [1.54, 1.807) is 24.7 Å². The standard InChI is InChI=1S/C23H18N2O3S/c1-26-21-11-5-3-9-18(21)24-23-25(14-17-8-6-12-27-17)19(15-29-23)22-13-16-7-2-4-10-20(16)28-22/h2-13,15H,14H2,1H3. The largest absolute Gasteiger partial charge is 0.494 e. The molecule has 2 aromatic carbocycles. The van der Waals surface area contributed by atoms with Crippen LogP contribution >= 0.6 is 11.3 Å². The predicted octanol–water partition coefficient (Wildman–Crippen LogP) is 5.85. The Balaban J connectivity index is 1.68. The lowest BCUT2D eigenvalue weighted by molar-refractivity contribution is 0.416. The zero-order valence-electron chi connectivity index (χ0n) is 15.7. The van der Waals surface area contributed by atoms with Gasteiger partial charge in [-0.25, -0.2) is 4.99 Å². The number of methoxy groups -OCH3 is 1. The molecule has 5 nitrogen and oxygen atoms in total. The molecule has 0 fully saturated rings. The van der Waals surface area contributed by atoms with Crippen LogP contribution in [-0.2, 0) is 6.54 Å². The van der Waals surface area contributed by atoms with Gasteiger partial charge in [0.05, 0.1) is 25.6 Å². The van der Waals surface area contributed by atoms with Crippen molar-refractivity contribution in [3.05, 3.63) is 88.9 Å². The summed E-state index contributed by atoms with van der Waals surface area (Å²) >= 11 is 1.56. The Bertz CT molecular complexity index is 1290. The molecule has 29 heavy (non-hydrogen) atoms. The van der Waals surface area contributed by atoms with Gasteiger partial charge in [0.1, 0.15) is 22.8 Å². The Labute approximate surface area is 171 Å². The molecule has 0 N–H and O–H groups in total. The Kier molecular flexibility index (Phi) is 4.54. The van der Waals surface area contributed by atoms with Crippen molar-refractivity contribution in [2.45, 2.75) is 6.54 Å². The molecular weight excluding hydrogens is 384 g/mol. The lowest BCUT2D eigenvalue weighted by Crippen LogP contribution is -2.16. The second-order valence-electron chi connectivity index (χ2n) is 6.50. The summed E-state index contributed by atoms with van der Waals surface area (Å²) in [5, 5.41) is 3.14. The highest BCUT2D eigenvalue weighted by atomic mass is 32.1. The highest BCUT2D eigenvalue weighted by molar-refractivity contribution is 7.07. The predicted molar refractivity (Wildman–Crippen MR) is 114 cm³/mol. The van der Waals surface area contributed by atoms with Gasteiger partial charge in [-0.1, -0.05) is 30.3 Å². The van der Waals surface area contributed by atoms with Crippen molar-refractivity contribution in [1.82, 2.24) is 4.57 Å². The maximum Gasteiger partial charge on any atom is 0.191 e. The molecule has 3 heterocycles. The van der Waals surface area contributed by atoms with Crippen LogP contribution in [-0.4, -0.2) is 11.7 Å². The number of para-hydroxylation sites is 3. The molecule has 5 rings (SSSR count). The number of hydrogen-bond acceptors (Lipinski definition) is 5. The number of nitrogens with zero attached hydrogens (tertiary/aromatic N) is 2. The summed E-state index contributed by atoms with van der Waals surface area (Å²) in [7, 11) is 1.65. The molecule has 0 aliphatic carbocycles. The van der Waals surface area contributed by atoms with Gasteiger partial charge in [0.2, 0.25) is 0 Å². The van der Waals surface area contributed by atoms with E-state index >= 15 is 0 Å². The second-order valence-corrected chi connectivity index (χ2v) is 7.34. The molecule has 0 unspecified atom stereocenters.